The van der Waals surface area contributed by atoms with Gasteiger partial charge in [-0.05, 0) is 68.0 Å². The molecule has 130 valence electrons. The molecule has 2 aromatic rings. The van der Waals surface area contributed by atoms with E-state index in [-0.39, 0.29) is 5.97 Å². The lowest BCUT2D eigenvalue weighted by Gasteiger charge is -2.25. The van der Waals surface area contributed by atoms with Gasteiger partial charge in [-0.15, -0.1) is 0 Å². The molecule has 0 saturated heterocycles. The maximum absolute atomic E-state index is 12.0. The van der Waals surface area contributed by atoms with Crippen LogP contribution < -0.4 is 4.74 Å². The zero-order valence-corrected chi connectivity index (χ0v) is 15.0. The lowest BCUT2D eigenvalue weighted by atomic mass is 9.87. The second kappa shape index (κ2) is 7.14. The van der Waals surface area contributed by atoms with E-state index in [1.165, 1.54) is 22.3 Å². The zero-order valence-electron chi connectivity index (χ0n) is 15.0. The normalized spacial score (nSPS) is 13.6. The molecule has 3 heteroatoms. The van der Waals surface area contributed by atoms with Crippen LogP contribution in [0.1, 0.15) is 43.9 Å². The van der Waals surface area contributed by atoms with Crippen LogP contribution in [-0.2, 0) is 16.0 Å². The quantitative estimate of drug-likeness (QED) is 0.737. The predicted octanol–water partition coefficient (Wildman–Crippen LogP) is 4.79. The maximum Gasteiger partial charge on any atom is 0.349 e. The number of aryl methyl sites for hydroxylation is 1. The monoisotopic (exact) mass is 336 g/mol. The molecule has 0 amide bonds. The highest BCUT2D eigenvalue weighted by Gasteiger charge is 2.31. The third kappa shape index (κ3) is 3.76. The standard InChI is InChI=1S/C22H24O3/c1-4-24-21(23)22(2,3)25-18-13-14-20-17(15-18)11-8-12-19(20)16-9-6-5-7-10-16/h5-7,9-10,12-15H,4,8,11H2,1-3H3. The summed E-state index contributed by atoms with van der Waals surface area (Å²) >= 11 is 0. The second-order valence-corrected chi connectivity index (χ2v) is 6.67. The van der Waals surface area contributed by atoms with Crippen molar-refractivity contribution in [3.05, 3.63) is 71.3 Å². The topological polar surface area (TPSA) is 35.5 Å². The van der Waals surface area contributed by atoms with Gasteiger partial charge in [0.2, 0.25) is 0 Å². The number of carbonyl (C=O) groups excluding carboxylic acids is 1. The van der Waals surface area contributed by atoms with Gasteiger partial charge in [0.1, 0.15) is 5.75 Å². The fraction of sp³-hybridized carbons (Fsp3) is 0.318. The van der Waals surface area contributed by atoms with Crippen molar-refractivity contribution in [2.45, 2.75) is 39.2 Å². The van der Waals surface area contributed by atoms with Gasteiger partial charge in [-0.2, -0.15) is 0 Å². The SMILES string of the molecule is CCOC(=O)C(C)(C)Oc1ccc2c(c1)CCC=C2c1ccccc1. The Morgan fingerprint density at radius 1 is 1.12 bits per heavy atom. The van der Waals surface area contributed by atoms with Gasteiger partial charge in [0.15, 0.2) is 5.60 Å². The number of allylic oxidation sites excluding steroid dienone is 1. The minimum Gasteiger partial charge on any atom is -0.476 e. The number of rotatable bonds is 5. The van der Waals surface area contributed by atoms with E-state index >= 15 is 0 Å². The first-order valence-electron chi connectivity index (χ1n) is 8.76. The summed E-state index contributed by atoms with van der Waals surface area (Å²) < 4.78 is 11.0. The third-order valence-electron chi connectivity index (χ3n) is 4.35. The molecule has 1 aliphatic carbocycles. The van der Waals surface area contributed by atoms with E-state index in [2.05, 4.69) is 36.4 Å². The van der Waals surface area contributed by atoms with Crippen LogP contribution >= 0.6 is 0 Å². The molecule has 0 aromatic heterocycles. The smallest absolute Gasteiger partial charge is 0.349 e. The number of fused-ring (bicyclic) bond motifs is 1. The van der Waals surface area contributed by atoms with Gasteiger partial charge < -0.3 is 9.47 Å². The summed E-state index contributed by atoms with van der Waals surface area (Å²) in [5.74, 6) is 0.351. The molecule has 1 aliphatic rings. The Morgan fingerprint density at radius 2 is 1.88 bits per heavy atom. The van der Waals surface area contributed by atoms with Crippen LogP contribution in [0.25, 0.3) is 5.57 Å². The van der Waals surface area contributed by atoms with Crippen molar-refractivity contribution in [2.24, 2.45) is 0 Å². The van der Waals surface area contributed by atoms with Crippen molar-refractivity contribution in [3.8, 4) is 5.75 Å². The average molecular weight is 336 g/mol. The Kier molecular flexibility index (Phi) is 4.93. The van der Waals surface area contributed by atoms with Crippen LogP contribution in [0.2, 0.25) is 0 Å². The molecule has 25 heavy (non-hydrogen) atoms. The molecule has 0 unspecified atom stereocenters. The Bertz CT molecular complexity index is 788. The summed E-state index contributed by atoms with van der Waals surface area (Å²) in [5, 5.41) is 0. The Balaban J connectivity index is 1.86. The largest absolute Gasteiger partial charge is 0.476 e. The fourth-order valence-electron chi connectivity index (χ4n) is 3.12. The van der Waals surface area contributed by atoms with Gasteiger partial charge >= 0.3 is 5.97 Å². The second-order valence-electron chi connectivity index (χ2n) is 6.67. The van der Waals surface area contributed by atoms with Gasteiger partial charge in [0.05, 0.1) is 6.61 Å². The maximum atomic E-state index is 12.0. The highest BCUT2D eigenvalue weighted by molar-refractivity contribution is 5.83. The predicted molar refractivity (Wildman–Crippen MR) is 99.6 cm³/mol. The third-order valence-corrected chi connectivity index (χ3v) is 4.35. The van der Waals surface area contributed by atoms with Crippen LogP contribution in [0.3, 0.4) is 0 Å². The molecule has 0 heterocycles. The van der Waals surface area contributed by atoms with E-state index in [4.69, 9.17) is 9.47 Å². The number of hydrogen-bond donors (Lipinski definition) is 0. The van der Waals surface area contributed by atoms with Gasteiger partial charge in [-0.3, -0.25) is 0 Å². The molecule has 3 nitrogen and oxygen atoms in total. The number of hydrogen-bond acceptors (Lipinski definition) is 3. The summed E-state index contributed by atoms with van der Waals surface area (Å²) in [6.45, 7) is 5.62. The van der Waals surface area contributed by atoms with Crippen LogP contribution in [0, 0.1) is 0 Å². The summed E-state index contributed by atoms with van der Waals surface area (Å²) in [6, 6.07) is 16.5. The first kappa shape index (κ1) is 17.3. The minimum absolute atomic E-state index is 0.348. The minimum atomic E-state index is -1.00. The molecule has 0 radical (unpaired) electrons. The van der Waals surface area contributed by atoms with Crippen LogP contribution in [-0.4, -0.2) is 18.2 Å². The summed E-state index contributed by atoms with van der Waals surface area (Å²) in [7, 11) is 0. The van der Waals surface area contributed by atoms with Crippen molar-refractivity contribution < 1.29 is 14.3 Å². The molecule has 0 aliphatic heterocycles. The van der Waals surface area contributed by atoms with Gasteiger partial charge in [-0.25, -0.2) is 4.79 Å². The van der Waals surface area contributed by atoms with E-state index < -0.39 is 5.60 Å². The Labute approximate surface area is 149 Å². The lowest BCUT2D eigenvalue weighted by Crippen LogP contribution is -2.39. The van der Waals surface area contributed by atoms with E-state index in [9.17, 15) is 4.79 Å². The summed E-state index contributed by atoms with van der Waals surface area (Å²) in [6.07, 6.45) is 4.27. The molecule has 2 aromatic carbocycles. The Hall–Kier alpha value is -2.55. The Morgan fingerprint density at radius 3 is 2.60 bits per heavy atom. The van der Waals surface area contributed by atoms with Crippen molar-refractivity contribution >= 4 is 11.5 Å². The van der Waals surface area contributed by atoms with E-state index in [0.717, 1.165) is 12.8 Å². The number of benzene rings is 2. The van der Waals surface area contributed by atoms with Crippen molar-refractivity contribution in [3.63, 3.8) is 0 Å². The van der Waals surface area contributed by atoms with E-state index in [1.54, 1.807) is 20.8 Å². The van der Waals surface area contributed by atoms with Crippen LogP contribution in [0.15, 0.2) is 54.6 Å². The number of carbonyl (C=O) groups is 1. The van der Waals surface area contributed by atoms with Gasteiger partial charge in [-0.1, -0.05) is 42.5 Å². The van der Waals surface area contributed by atoms with E-state index in [1.807, 2.05) is 18.2 Å². The summed E-state index contributed by atoms with van der Waals surface area (Å²) in [5.41, 5.74) is 3.97. The highest BCUT2D eigenvalue weighted by Crippen LogP contribution is 2.34. The highest BCUT2D eigenvalue weighted by atomic mass is 16.6. The average Bonchev–Trinajstić information content (AvgIpc) is 2.61. The molecular formula is C22H24O3. The van der Waals surface area contributed by atoms with Crippen molar-refractivity contribution in [1.29, 1.82) is 0 Å². The number of esters is 1. The fourth-order valence-corrected chi connectivity index (χ4v) is 3.12. The number of ether oxygens (including phenoxy) is 2. The van der Waals surface area contributed by atoms with Crippen molar-refractivity contribution in [1.82, 2.24) is 0 Å². The molecule has 0 saturated carbocycles. The molecule has 0 bridgehead atoms. The molecule has 0 atom stereocenters. The zero-order chi connectivity index (χ0) is 17.9. The first-order chi connectivity index (χ1) is 12.0. The van der Waals surface area contributed by atoms with Crippen LogP contribution in [0.4, 0.5) is 0 Å². The van der Waals surface area contributed by atoms with E-state index in [0.29, 0.717) is 12.4 Å². The molecular weight excluding hydrogens is 312 g/mol. The lowest BCUT2D eigenvalue weighted by molar-refractivity contribution is -0.158. The van der Waals surface area contributed by atoms with Crippen LogP contribution in [0.5, 0.6) is 5.75 Å². The molecule has 3 rings (SSSR count). The van der Waals surface area contributed by atoms with Gasteiger partial charge in [0.25, 0.3) is 0 Å². The first-order valence-corrected chi connectivity index (χ1v) is 8.76. The van der Waals surface area contributed by atoms with Gasteiger partial charge in [0, 0.05) is 0 Å². The molecule has 0 fully saturated rings. The molecule has 0 spiro atoms. The van der Waals surface area contributed by atoms with Crippen molar-refractivity contribution in [2.75, 3.05) is 6.61 Å². The molecule has 0 N–H and O–H groups in total. The summed E-state index contributed by atoms with van der Waals surface area (Å²) in [4.78, 5) is 12.0.